The first-order chi connectivity index (χ1) is 51.7. The monoisotopic (exact) mass is 1350 g/mol. The van der Waals surface area contributed by atoms with Crippen LogP contribution in [0.1, 0.15) is 43.0 Å². The van der Waals surface area contributed by atoms with Crippen molar-refractivity contribution in [2.24, 2.45) is 0 Å². The van der Waals surface area contributed by atoms with Crippen LogP contribution >= 0.6 is 0 Å². The number of benzene rings is 12. The van der Waals surface area contributed by atoms with Gasteiger partial charge in [0.15, 0.2) is 40.8 Å². The summed E-state index contributed by atoms with van der Waals surface area (Å²) in [5, 5.41) is 4.86. The second-order valence-corrected chi connectivity index (χ2v) is 26.1. The van der Waals surface area contributed by atoms with E-state index in [-0.39, 0.29) is 0 Å². The number of aryl methyl sites for hydroxylation is 4. The highest BCUT2D eigenvalue weighted by molar-refractivity contribution is 6.21. The molecule has 0 fully saturated rings. The Morgan fingerprint density at radius 3 is 1.05 bits per heavy atom. The van der Waals surface area contributed by atoms with E-state index in [4.69, 9.17) is 49.8 Å². The third kappa shape index (κ3) is 14.2. The number of hydrogen-bond acceptors (Lipinski definition) is 10. The van der Waals surface area contributed by atoms with E-state index in [1.54, 1.807) is 0 Å². The lowest BCUT2D eigenvalue weighted by atomic mass is 9.86. The fourth-order valence-corrected chi connectivity index (χ4v) is 13.8. The third-order valence-corrected chi connectivity index (χ3v) is 18.9. The molecule has 0 saturated heterocycles. The summed E-state index contributed by atoms with van der Waals surface area (Å²) >= 11 is 0. The standard InChI is InChI=1S/C49H36N4.C46H36N6/c1-3-44-39(29-28-32(2)50-44)35-20-14-22-37(30-35)48-51-47(34-18-8-5-9-19-34)52-49(53-48)38-23-15-21-36(31-38)46-42-26-12-10-24-40(42)45(33-16-6-4-7-17-33)41-25-11-13-27-43(41)46;1-3-15-39-26-27-40(31(2)47-39)46-51-44(34-20-11-6-12-21-34)50-45(52-46)38-25-14-23-36(29-38)35-22-13-24-37(28-35)42-30-41(32-16-7-4-8-17-32)48-43(49-42)33-18-9-5-10-19-33/h4-31H,3H2,1-2H3;4-14,16-30H,3,15H2,1-2H3. The molecule has 502 valence electrons. The van der Waals surface area contributed by atoms with Crippen molar-refractivity contribution in [1.82, 2.24) is 49.8 Å². The van der Waals surface area contributed by atoms with E-state index in [0.717, 1.165) is 131 Å². The van der Waals surface area contributed by atoms with Crippen molar-refractivity contribution in [1.29, 1.82) is 0 Å². The summed E-state index contributed by atoms with van der Waals surface area (Å²) in [6.07, 6.45) is 2.83. The molecule has 0 saturated carbocycles. The van der Waals surface area contributed by atoms with Crippen LogP contribution in [-0.4, -0.2) is 49.8 Å². The number of aromatic nitrogens is 10. The van der Waals surface area contributed by atoms with Crippen LogP contribution in [0.15, 0.2) is 328 Å². The maximum Gasteiger partial charge on any atom is 0.165 e. The molecular weight excluding hydrogens is 1280 g/mol. The molecule has 0 aliphatic rings. The molecule has 0 amide bonds. The first-order valence-electron chi connectivity index (χ1n) is 35.7. The second kappa shape index (κ2) is 30.0. The number of hydrogen-bond donors (Lipinski definition) is 0. The van der Waals surface area contributed by atoms with Crippen molar-refractivity contribution in [3.8, 4) is 147 Å². The van der Waals surface area contributed by atoms with Crippen molar-refractivity contribution >= 4 is 21.5 Å². The van der Waals surface area contributed by atoms with Gasteiger partial charge in [0.2, 0.25) is 0 Å². The van der Waals surface area contributed by atoms with Gasteiger partial charge >= 0.3 is 0 Å². The van der Waals surface area contributed by atoms with Gasteiger partial charge < -0.3 is 0 Å². The highest BCUT2D eigenvalue weighted by Gasteiger charge is 2.21. The van der Waals surface area contributed by atoms with Crippen LogP contribution in [-0.2, 0) is 12.8 Å². The Kier molecular flexibility index (Phi) is 18.9. The molecular formula is C95H72N10. The third-order valence-electron chi connectivity index (χ3n) is 18.9. The van der Waals surface area contributed by atoms with Gasteiger partial charge in [-0.15, -0.1) is 0 Å². The topological polar surface area (TPSA) is 129 Å². The first kappa shape index (κ1) is 66.1. The molecule has 17 aromatic rings. The van der Waals surface area contributed by atoms with Gasteiger partial charge in [-0.1, -0.05) is 299 Å². The molecule has 0 unspecified atom stereocenters. The van der Waals surface area contributed by atoms with Crippen LogP contribution in [0.5, 0.6) is 0 Å². The quantitative estimate of drug-likeness (QED) is 0.0862. The van der Waals surface area contributed by atoms with E-state index >= 15 is 0 Å². The van der Waals surface area contributed by atoms with E-state index in [1.165, 1.54) is 38.2 Å². The Bertz CT molecular complexity index is 5880. The molecule has 17 rings (SSSR count). The summed E-state index contributed by atoms with van der Waals surface area (Å²) in [5.74, 6) is 4.41. The molecule has 0 atom stereocenters. The van der Waals surface area contributed by atoms with Crippen molar-refractivity contribution < 1.29 is 0 Å². The zero-order valence-electron chi connectivity index (χ0n) is 58.8. The molecule has 5 heterocycles. The van der Waals surface area contributed by atoms with E-state index in [9.17, 15) is 0 Å². The lowest BCUT2D eigenvalue weighted by Crippen LogP contribution is -2.02. The van der Waals surface area contributed by atoms with Crippen LogP contribution in [0.4, 0.5) is 0 Å². The molecule has 10 heteroatoms. The highest BCUT2D eigenvalue weighted by Crippen LogP contribution is 2.45. The van der Waals surface area contributed by atoms with Gasteiger partial charge in [0, 0.05) is 78.4 Å². The van der Waals surface area contributed by atoms with Crippen molar-refractivity contribution in [3.63, 3.8) is 0 Å². The van der Waals surface area contributed by atoms with E-state index in [2.05, 4.69) is 232 Å². The van der Waals surface area contributed by atoms with Crippen LogP contribution in [0, 0.1) is 13.8 Å². The maximum absolute atomic E-state index is 5.17. The van der Waals surface area contributed by atoms with Gasteiger partial charge in [0.1, 0.15) is 0 Å². The molecule has 5 aromatic heterocycles. The number of nitrogens with zero attached hydrogens (tertiary/aromatic N) is 10. The fraction of sp³-hybridized carbons (Fsp3) is 0.0737. The lowest BCUT2D eigenvalue weighted by molar-refractivity contribution is 0.874. The van der Waals surface area contributed by atoms with Gasteiger partial charge in [-0.2, -0.15) is 0 Å². The van der Waals surface area contributed by atoms with Gasteiger partial charge in [-0.25, -0.2) is 39.9 Å². The lowest BCUT2D eigenvalue weighted by Gasteiger charge is -2.18. The van der Waals surface area contributed by atoms with Crippen molar-refractivity contribution in [3.05, 3.63) is 350 Å². The van der Waals surface area contributed by atoms with E-state index in [0.29, 0.717) is 40.8 Å². The maximum atomic E-state index is 5.17. The zero-order valence-corrected chi connectivity index (χ0v) is 58.8. The molecule has 10 nitrogen and oxygen atoms in total. The van der Waals surface area contributed by atoms with Gasteiger partial charge in [-0.3, -0.25) is 9.97 Å². The van der Waals surface area contributed by atoms with E-state index < -0.39 is 0 Å². The van der Waals surface area contributed by atoms with Crippen LogP contribution in [0.2, 0.25) is 0 Å². The minimum absolute atomic E-state index is 0.606. The molecule has 0 aliphatic carbocycles. The molecule has 0 radical (unpaired) electrons. The van der Waals surface area contributed by atoms with Gasteiger partial charge in [-0.05, 0) is 136 Å². The summed E-state index contributed by atoms with van der Waals surface area (Å²) in [4.78, 5) is 50.0. The summed E-state index contributed by atoms with van der Waals surface area (Å²) in [7, 11) is 0. The van der Waals surface area contributed by atoms with Crippen LogP contribution < -0.4 is 0 Å². The minimum Gasteiger partial charge on any atom is -0.258 e. The van der Waals surface area contributed by atoms with Crippen molar-refractivity contribution in [2.45, 2.75) is 47.0 Å². The number of pyridine rings is 2. The van der Waals surface area contributed by atoms with Gasteiger partial charge in [0.05, 0.1) is 11.4 Å². The largest absolute Gasteiger partial charge is 0.258 e. The summed E-state index contributed by atoms with van der Waals surface area (Å²) in [6.45, 7) is 8.38. The average molecular weight is 1350 g/mol. The number of fused-ring (bicyclic) bond motifs is 2. The molecule has 12 aromatic carbocycles. The van der Waals surface area contributed by atoms with Crippen molar-refractivity contribution in [2.75, 3.05) is 0 Å². The first-order valence-corrected chi connectivity index (χ1v) is 35.7. The summed E-state index contributed by atoms with van der Waals surface area (Å²) in [6, 6.07) is 113. The smallest absolute Gasteiger partial charge is 0.165 e. The van der Waals surface area contributed by atoms with E-state index in [1.807, 2.05) is 123 Å². The predicted molar refractivity (Wildman–Crippen MR) is 429 cm³/mol. The molecule has 105 heavy (non-hydrogen) atoms. The molecule has 0 bridgehead atoms. The zero-order chi connectivity index (χ0) is 71.0. The number of rotatable bonds is 16. The molecule has 0 spiro atoms. The van der Waals surface area contributed by atoms with Gasteiger partial charge in [0.25, 0.3) is 0 Å². The Balaban J connectivity index is 0.000000161. The molecule has 0 aliphatic heterocycles. The fourth-order valence-electron chi connectivity index (χ4n) is 13.8. The highest BCUT2D eigenvalue weighted by atomic mass is 15.0. The summed E-state index contributed by atoms with van der Waals surface area (Å²) < 4.78 is 0. The Hall–Kier alpha value is -13.4. The van der Waals surface area contributed by atoms with Crippen LogP contribution in [0.3, 0.4) is 0 Å². The Morgan fingerprint density at radius 2 is 0.571 bits per heavy atom. The Morgan fingerprint density at radius 1 is 0.229 bits per heavy atom. The normalized spacial score (nSPS) is 11.2. The SMILES string of the molecule is CCCc1ccc(-c2nc(-c3ccccc3)nc(-c3cccc(-c4cccc(-c5cc(-c6ccccc6)nc(-c6ccccc6)n5)c4)c3)n2)c(C)n1.CCc1nc(C)ccc1-c1cccc(-c2nc(-c3ccccc3)nc(-c3cccc(-c4c5ccccc5c(-c5ccccc5)c5ccccc45)c3)n2)c1. The summed E-state index contributed by atoms with van der Waals surface area (Å²) in [5.41, 5.74) is 23.4. The second-order valence-electron chi connectivity index (χ2n) is 26.1. The minimum atomic E-state index is 0.606. The Labute approximate surface area is 611 Å². The average Bonchev–Trinajstić information content (AvgIpc) is 0.735. The molecule has 0 N–H and O–H groups in total. The predicted octanol–water partition coefficient (Wildman–Crippen LogP) is 23.4. The van der Waals surface area contributed by atoms with Crippen LogP contribution in [0.25, 0.3) is 168 Å².